The summed E-state index contributed by atoms with van der Waals surface area (Å²) in [6.07, 6.45) is -3.33. The predicted molar refractivity (Wildman–Crippen MR) is 71.7 cm³/mol. The molecule has 0 amide bonds. The monoisotopic (exact) mass is 305 g/mol. The van der Waals surface area contributed by atoms with Crippen molar-refractivity contribution in [1.29, 1.82) is 0 Å². The highest BCUT2D eigenvalue weighted by molar-refractivity contribution is 5.32. The Morgan fingerprint density at radius 1 is 1.38 bits per heavy atom. The molecular formula is C15H19F4NO. The van der Waals surface area contributed by atoms with E-state index < -0.39 is 17.6 Å². The van der Waals surface area contributed by atoms with Crippen LogP contribution in [-0.4, -0.2) is 19.2 Å². The highest BCUT2D eigenvalue weighted by atomic mass is 19.4. The molecule has 6 heteroatoms. The molecule has 1 aromatic rings. The summed E-state index contributed by atoms with van der Waals surface area (Å²) in [7, 11) is 1.86. The van der Waals surface area contributed by atoms with Crippen molar-refractivity contribution < 1.29 is 22.3 Å². The standard InChI is InChI=1S/C15H19F4NO/c1-4-14(2)12(20-3)8-13(14)21-9-5-6-11(16)10(7-9)15(17,18)19/h5-7,12-13,20H,4,8H2,1-3H3. The van der Waals surface area contributed by atoms with Crippen molar-refractivity contribution in [2.45, 2.75) is 45.0 Å². The molecule has 1 saturated carbocycles. The van der Waals surface area contributed by atoms with Gasteiger partial charge in [0.1, 0.15) is 17.7 Å². The number of alkyl halides is 3. The number of hydrogen-bond acceptors (Lipinski definition) is 2. The molecule has 21 heavy (non-hydrogen) atoms. The maximum Gasteiger partial charge on any atom is 0.419 e. The van der Waals surface area contributed by atoms with Crippen LogP contribution in [0.3, 0.4) is 0 Å². The predicted octanol–water partition coefficient (Wildman–Crippen LogP) is 4.00. The molecule has 1 aliphatic carbocycles. The Kier molecular flexibility index (Phi) is 4.19. The first-order chi connectivity index (χ1) is 9.72. The van der Waals surface area contributed by atoms with Crippen LogP contribution in [0.25, 0.3) is 0 Å². The van der Waals surface area contributed by atoms with E-state index in [4.69, 9.17) is 4.74 Å². The summed E-state index contributed by atoms with van der Waals surface area (Å²) in [6.45, 7) is 4.06. The summed E-state index contributed by atoms with van der Waals surface area (Å²) in [6, 6.07) is 3.05. The van der Waals surface area contributed by atoms with Crippen LogP contribution < -0.4 is 10.1 Å². The minimum absolute atomic E-state index is 0.0583. The number of nitrogens with one attached hydrogen (secondary N) is 1. The quantitative estimate of drug-likeness (QED) is 0.849. The lowest BCUT2D eigenvalue weighted by atomic mass is 9.61. The van der Waals surface area contributed by atoms with Gasteiger partial charge in [0.25, 0.3) is 0 Å². The molecule has 0 radical (unpaired) electrons. The van der Waals surface area contributed by atoms with Crippen molar-refractivity contribution in [3.63, 3.8) is 0 Å². The van der Waals surface area contributed by atoms with Crippen LogP contribution in [0.4, 0.5) is 17.6 Å². The van der Waals surface area contributed by atoms with Crippen molar-refractivity contribution >= 4 is 0 Å². The largest absolute Gasteiger partial charge is 0.490 e. The molecular weight excluding hydrogens is 286 g/mol. The average Bonchev–Trinajstić information content (AvgIpc) is 2.42. The van der Waals surface area contributed by atoms with E-state index in [9.17, 15) is 17.6 Å². The number of rotatable bonds is 4. The second kappa shape index (κ2) is 5.48. The van der Waals surface area contributed by atoms with Gasteiger partial charge in [0, 0.05) is 17.9 Å². The van der Waals surface area contributed by atoms with Gasteiger partial charge in [-0.15, -0.1) is 0 Å². The van der Waals surface area contributed by atoms with Gasteiger partial charge in [0.15, 0.2) is 0 Å². The smallest absolute Gasteiger partial charge is 0.419 e. The zero-order valence-electron chi connectivity index (χ0n) is 12.2. The molecule has 1 N–H and O–H groups in total. The van der Waals surface area contributed by atoms with E-state index in [0.717, 1.165) is 25.0 Å². The molecule has 0 bridgehead atoms. The molecule has 0 spiro atoms. The van der Waals surface area contributed by atoms with Gasteiger partial charge in [-0.3, -0.25) is 0 Å². The van der Waals surface area contributed by atoms with Crippen LogP contribution in [0.15, 0.2) is 18.2 Å². The summed E-state index contributed by atoms with van der Waals surface area (Å²) < 4.78 is 57.0. The second-order valence-corrected chi connectivity index (χ2v) is 5.68. The number of ether oxygens (including phenoxy) is 1. The lowest BCUT2D eigenvalue weighted by molar-refractivity contribution is -0.140. The topological polar surface area (TPSA) is 21.3 Å². The number of hydrogen-bond donors (Lipinski definition) is 1. The van der Waals surface area contributed by atoms with E-state index in [-0.39, 0.29) is 23.3 Å². The first kappa shape index (κ1) is 16.1. The molecule has 3 unspecified atom stereocenters. The number of benzene rings is 1. The summed E-state index contributed by atoms with van der Waals surface area (Å²) in [5.74, 6) is -1.22. The van der Waals surface area contributed by atoms with Gasteiger partial charge in [-0.25, -0.2) is 4.39 Å². The van der Waals surface area contributed by atoms with Crippen LogP contribution >= 0.6 is 0 Å². The van der Waals surface area contributed by atoms with E-state index in [0.29, 0.717) is 0 Å². The minimum atomic E-state index is -4.72. The zero-order valence-corrected chi connectivity index (χ0v) is 12.2. The molecule has 2 rings (SSSR count). The third-order valence-corrected chi connectivity index (χ3v) is 4.61. The van der Waals surface area contributed by atoms with Crippen molar-refractivity contribution in [2.75, 3.05) is 7.05 Å². The first-order valence-corrected chi connectivity index (χ1v) is 6.93. The lowest BCUT2D eigenvalue weighted by Gasteiger charge is -2.53. The summed E-state index contributed by atoms with van der Waals surface area (Å²) in [5, 5.41) is 3.18. The summed E-state index contributed by atoms with van der Waals surface area (Å²) in [5.41, 5.74) is -1.43. The molecule has 1 aliphatic rings. The van der Waals surface area contributed by atoms with E-state index >= 15 is 0 Å². The molecule has 0 aromatic heterocycles. The molecule has 1 aromatic carbocycles. The summed E-state index contributed by atoms with van der Waals surface area (Å²) in [4.78, 5) is 0. The SMILES string of the molecule is CCC1(C)C(NC)CC1Oc1ccc(F)c(C(F)(F)F)c1. The molecule has 118 valence electrons. The third-order valence-electron chi connectivity index (χ3n) is 4.61. The van der Waals surface area contributed by atoms with E-state index in [1.807, 2.05) is 20.9 Å². The van der Waals surface area contributed by atoms with Crippen LogP contribution in [-0.2, 0) is 6.18 Å². The minimum Gasteiger partial charge on any atom is -0.490 e. The van der Waals surface area contributed by atoms with Gasteiger partial charge in [-0.2, -0.15) is 13.2 Å². The number of halogens is 4. The first-order valence-electron chi connectivity index (χ1n) is 6.93. The normalized spacial score (nSPS) is 29.1. The molecule has 0 aliphatic heterocycles. The Morgan fingerprint density at radius 3 is 2.57 bits per heavy atom. The van der Waals surface area contributed by atoms with Crippen LogP contribution in [0.2, 0.25) is 0 Å². The van der Waals surface area contributed by atoms with Crippen molar-refractivity contribution in [3.8, 4) is 5.75 Å². The third kappa shape index (κ3) is 2.86. The zero-order chi connectivity index (χ0) is 15.8. The Bertz CT molecular complexity index is 517. The van der Waals surface area contributed by atoms with Crippen molar-refractivity contribution in [3.05, 3.63) is 29.6 Å². The fourth-order valence-corrected chi connectivity index (χ4v) is 2.88. The lowest BCUT2D eigenvalue weighted by Crippen LogP contribution is -2.62. The molecule has 0 saturated heterocycles. The maximum atomic E-state index is 13.2. The van der Waals surface area contributed by atoms with Gasteiger partial charge in [-0.1, -0.05) is 13.8 Å². The van der Waals surface area contributed by atoms with E-state index in [1.165, 1.54) is 6.07 Å². The van der Waals surface area contributed by atoms with Crippen LogP contribution in [0.1, 0.15) is 32.3 Å². The van der Waals surface area contributed by atoms with Gasteiger partial charge >= 0.3 is 6.18 Å². The van der Waals surface area contributed by atoms with E-state index in [1.54, 1.807) is 0 Å². The van der Waals surface area contributed by atoms with Gasteiger partial charge < -0.3 is 10.1 Å². The Labute approximate surface area is 121 Å². The molecule has 1 fully saturated rings. The molecule has 3 atom stereocenters. The Morgan fingerprint density at radius 2 is 2.05 bits per heavy atom. The highest BCUT2D eigenvalue weighted by Gasteiger charge is 2.51. The summed E-state index contributed by atoms with van der Waals surface area (Å²) >= 11 is 0. The fourth-order valence-electron chi connectivity index (χ4n) is 2.88. The molecule has 0 heterocycles. The van der Waals surface area contributed by atoms with Crippen molar-refractivity contribution in [1.82, 2.24) is 5.32 Å². The maximum absolute atomic E-state index is 13.2. The Balaban J connectivity index is 2.18. The van der Waals surface area contributed by atoms with Crippen molar-refractivity contribution in [2.24, 2.45) is 5.41 Å². The van der Waals surface area contributed by atoms with E-state index in [2.05, 4.69) is 5.32 Å². The Hall–Kier alpha value is -1.30. The fraction of sp³-hybridized carbons (Fsp3) is 0.600. The molecule has 2 nitrogen and oxygen atoms in total. The van der Waals surface area contributed by atoms with Gasteiger partial charge in [0.05, 0.1) is 5.56 Å². The van der Waals surface area contributed by atoms with Crippen LogP contribution in [0.5, 0.6) is 5.75 Å². The van der Waals surface area contributed by atoms with Gasteiger partial charge in [0.2, 0.25) is 0 Å². The second-order valence-electron chi connectivity index (χ2n) is 5.68. The van der Waals surface area contributed by atoms with Gasteiger partial charge in [-0.05, 0) is 31.7 Å². The highest BCUT2D eigenvalue weighted by Crippen LogP contribution is 2.46. The average molecular weight is 305 g/mol. The van der Waals surface area contributed by atoms with Crippen LogP contribution in [0, 0.1) is 11.2 Å².